The lowest BCUT2D eigenvalue weighted by Gasteiger charge is -2.10. The number of aromatic nitrogens is 1. The van der Waals surface area contributed by atoms with Crippen LogP contribution in [-0.4, -0.2) is 23.2 Å². The first-order valence-electron chi connectivity index (χ1n) is 9.46. The second-order valence-corrected chi connectivity index (χ2v) is 7.52. The number of rotatable bonds is 4. The zero-order valence-electron chi connectivity index (χ0n) is 15.7. The van der Waals surface area contributed by atoms with Crippen LogP contribution < -0.4 is 14.8 Å². The Kier molecular flexibility index (Phi) is 3.94. The number of halogens is 2. The number of aryl methyl sites for hydroxylation is 1. The van der Waals surface area contributed by atoms with Crippen LogP contribution in [0.25, 0.3) is 22.2 Å². The third-order valence-corrected chi connectivity index (χ3v) is 5.08. The van der Waals surface area contributed by atoms with Gasteiger partial charge < -0.3 is 14.8 Å². The van der Waals surface area contributed by atoms with E-state index in [4.69, 9.17) is 0 Å². The maximum absolute atomic E-state index is 13.3. The average molecular weight is 396 g/mol. The standard InChI is InChI=1S/C22H18F2N2O3/c1-12-8-18(14-3-7-19-20(11-14)29-22(23,24)28-19)26-17-6-2-13(9-16(12)17)10-21(27)25-15-4-5-15/h2-3,6-9,11,15H,4-5,10H2,1H3,(H,25,27). The number of amides is 1. The maximum Gasteiger partial charge on any atom is 0.586 e. The largest absolute Gasteiger partial charge is 0.586 e. The number of carbonyl (C=O) groups excluding carboxylic acids is 1. The van der Waals surface area contributed by atoms with E-state index in [9.17, 15) is 13.6 Å². The van der Waals surface area contributed by atoms with Crippen molar-refractivity contribution < 1.29 is 23.0 Å². The molecule has 2 heterocycles. The quantitative estimate of drug-likeness (QED) is 0.712. The molecule has 2 aromatic carbocycles. The van der Waals surface area contributed by atoms with Gasteiger partial charge >= 0.3 is 6.29 Å². The zero-order chi connectivity index (χ0) is 20.2. The fourth-order valence-electron chi connectivity index (χ4n) is 3.50. The lowest BCUT2D eigenvalue weighted by molar-refractivity contribution is -0.286. The van der Waals surface area contributed by atoms with Crippen molar-refractivity contribution in [3.05, 3.63) is 53.6 Å². The third-order valence-electron chi connectivity index (χ3n) is 5.08. The molecule has 1 fully saturated rings. The number of pyridine rings is 1. The molecule has 0 radical (unpaired) electrons. The summed E-state index contributed by atoms with van der Waals surface area (Å²) in [6, 6.07) is 12.6. The molecule has 1 saturated carbocycles. The number of hydrogen-bond donors (Lipinski definition) is 1. The summed E-state index contributed by atoms with van der Waals surface area (Å²) >= 11 is 0. The Bertz CT molecular complexity index is 1140. The average Bonchev–Trinajstić information content (AvgIpc) is 3.40. The summed E-state index contributed by atoms with van der Waals surface area (Å²) < 4.78 is 35.5. The number of benzene rings is 2. The molecule has 1 amide bonds. The maximum atomic E-state index is 13.3. The van der Waals surface area contributed by atoms with Crippen molar-refractivity contribution in [3.8, 4) is 22.8 Å². The molecule has 148 valence electrons. The van der Waals surface area contributed by atoms with Crippen LogP contribution in [0.15, 0.2) is 42.5 Å². The van der Waals surface area contributed by atoms with E-state index in [1.54, 1.807) is 6.07 Å². The fraction of sp³-hybridized carbons (Fsp3) is 0.273. The Morgan fingerprint density at radius 1 is 1.14 bits per heavy atom. The van der Waals surface area contributed by atoms with Gasteiger partial charge in [0.2, 0.25) is 5.91 Å². The minimum atomic E-state index is -3.64. The molecule has 0 bridgehead atoms. The lowest BCUT2D eigenvalue weighted by atomic mass is 10.0. The van der Waals surface area contributed by atoms with Crippen molar-refractivity contribution in [2.24, 2.45) is 0 Å². The molecule has 0 unspecified atom stereocenters. The number of hydrogen-bond acceptors (Lipinski definition) is 4. The topological polar surface area (TPSA) is 60.5 Å². The summed E-state index contributed by atoms with van der Waals surface area (Å²) in [4.78, 5) is 16.7. The van der Waals surface area contributed by atoms with Gasteiger partial charge in [0.05, 0.1) is 17.6 Å². The van der Waals surface area contributed by atoms with E-state index in [0.717, 1.165) is 34.9 Å². The molecule has 0 spiro atoms. The number of nitrogens with one attached hydrogen (secondary N) is 1. The van der Waals surface area contributed by atoms with Crippen LogP contribution >= 0.6 is 0 Å². The van der Waals surface area contributed by atoms with Gasteiger partial charge in [-0.05, 0) is 67.3 Å². The van der Waals surface area contributed by atoms with E-state index in [0.29, 0.717) is 23.7 Å². The monoisotopic (exact) mass is 396 g/mol. The highest BCUT2D eigenvalue weighted by molar-refractivity contribution is 5.87. The van der Waals surface area contributed by atoms with Crippen LogP contribution in [0.3, 0.4) is 0 Å². The van der Waals surface area contributed by atoms with Gasteiger partial charge in [0.1, 0.15) is 0 Å². The van der Waals surface area contributed by atoms with Crippen LogP contribution in [0.1, 0.15) is 24.0 Å². The van der Waals surface area contributed by atoms with Crippen LogP contribution in [0, 0.1) is 6.92 Å². The highest BCUT2D eigenvalue weighted by atomic mass is 19.3. The fourth-order valence-corrected chi connectivity index (χ4v) is 3.50. The highest BCUT2D eigenvalue weighted by Gasteiger charge is 2.43. The first-order valence-corrected chi connectivity index (χ1v) is 9.46. The van der Waals surface area contributed by atoms with Crippen molar-refractivity contribution >= 4 is 16.8 Å². The number of carbonyl (C=O) groups is 1. The molecule has 0 saturated heterocycles. The zero-order valence-corrected chi connectivity index (χ0v) is 15.7. The molecule has 2 aliphatic rings. The Morgan fingerprint density at radius 2 is 1.93 bits per heavy atom. The van der Waals surface area contributed by atoms with Gasteiger partial charge in [0.15, 0.2) is 11.5 Å². The Morgan fingerprint density at radius 3 is 2.72 bits per heavy atom. The Hall–Kier alpha value is -3.22. The van der Waals surface area contributed by atoms with Crippen molar-refractivity contribution in [2.75, 3.05) is 0 Å². The number of nitrogens with zero attached hydrogens (tertiary/aromatic N) is 1. The molecule has 5 nitrogen and oxygen atoms in total. The molecule has 0 atom stereocenters. The minimum Gasteiger partial charge on any atom is -0.395 e. The van der Waals surface area contributed by atoms with Crippen LogP contribution in [0.2, 0.25) is 0 Å². The summed E-state index contributed by atoms with van der Waals surface area (Å²) in [6.45, 7) is 1.96. The summed E-state index contributed by atoms with van der Waals surface area (Å²) in [5.41, 5.74) is 3.99. The van der Waals surface area contributed by atoms with E-state index < -0.39 is 6.29 Å². The van der Waals surface area contributed by atoms with Gasteiger partial charge in [0.25, 0.3) is 0 Å². The van der Waals surface area contributed by atoms with E-state index >= 15 is 0 Å². The van der Waals surface area contributed by atoms with Gasteiger partial charge in [0, 0.05) is 17.0 Å². The molecule has 1 aliphatic heterocycles. The second-order valence-electron chi connectivity index (χ2n) is 7.52. The van der Waals surface area contributed by atoms with Gasteiger partial charge in [-0.3, -0.25) is 4.79 Å². The van der Waals surface area contributed by atoms with Crippen LogP contribution in [0.5, 0.6) is 11.5 Å². The highest BCUT2D eigenvalue weighted by Crippen LogP contribution is 2.43. The number of alkyl halides is 2. The minimum absolute atomic E-state index is 0.00498. The van der Waals surface area contributed by atoms with E-state index in [1.807, 2.05) is 31.2 Å². The molecule has 1 N–H and O–H groups in total. The van der Waals surface area contributed by atoms with E-state index in [-0.39, 0.29) is 17.4 Å². The summed E-state index contributed by atoms with van der Waals surface area (Å²) in [5, 5.41) is 3.95. The normalized spacial score (nSPS) is 16.8. The second kappa shape index (κ2) is 6.40. The molecule has 3 aromatic rings. The predicted octanol–water partition coefficient (Wildman–Crippen LogP) is 4.35. The summed E-state index contributed by atoms with van der Waals surface area (Å²) in [6.07, 6.45) is -1.18. The van der Waals surface area contributed by atoms with Gasteiger partial charge in [-0.2, -0.15) is 0 Å². The number of ether oxygens (including phenoxy) is 2. The summed E-state index contributed by atoms with van der Waals surface area (Å²) in [5.74, 6) is 0.0284. The van der Waals surface area contributed by atoms with Gasteiger partial charge in [-0.1, -0.05) is 6.07 Å². The van der Waals surface area contributed by atoms with E-state index in [1.165, 1.54) is 12.1 Å². The van der Waals surface area contributed by atoms with Gasteiger partial charge in [-0.25, -0.2) is 4.98 Å². The third kappa shape index (κ3) is 3.60. The molecule has 5 rings (SSSR count). The molecule has 1 aromatic heterocycles. The number of fused-ring (bicyclic) bond motifs is 2. The summed E-state index contributed by atoms with van der Waals surface area (Å²) in [7, 11) is 0. The van der Waals surface area contributed by atoms with Crippen LogP contribution in [-0.2, 0) is 11.2 Å². The lowest BCUT2D eigenvalue weighted by Crippen LogP contribution is -2.26. The smallest absolute Gasteiger partial charge is 0.395 e. The molecule has 29 heavy (non-hydrogen) atoms. The van der Waals surface area contributed by atoms with Crippen molar-refractivity contribution in [1.82, 2.24) is 10.3 Å². The van der Waals surface area contributed by atoms with E-state index in [2.05, 4.69) is 19.8 Å². The first kappa shape index (κ1) is 17.8. The van der Waals surface area contributed by atoms with Crippen molar-refractivity contribution in [3.63, 3.8) is 0 Å². The van der Waals surface area contributed by atoms with Crippen LogP contribution in [0.4, 0.5) is 8.78 Å². The van der Waals surface area contributed by atoms with Crippen molar-refractivity contribution in [2.45, 2.75) is 38.5 Å². The van der Waals surface area contributed by atoms with Gasteiger partial charge in [-0.15, -0.1) is 8.78 Å². The molecular formula is C22H18F2N2O3. The Balaban J connectivity index is 1.44. The molecular weight excluding hydrogens is 378 g/mol. The predicted molar refractivity (Wildman–Crippen MR) is 103 cm³/mol. The Labute approximate surface area is 165 Å². The van der Waals surface area contributed by atoms with Crippen molar-refractivity contribution in [1.29, 1.82) is 0 Å². The molecule has 7 heteroatoms. The first-order chi connectivity index (χ1) is 13.9. The SMILES string of the molecule is Cc1cc(-c2ccc3c(c2)OC(F)(F)O3)nc2ccc(CC(=O)NC3CC3)cc12. The molecule has 1 aliphatic carbocycles.